The third-order valence-electron chi connectivity index (χ3n) is 3.09. The normalized spacial score (nSPS) is 12.3. The monoisotopic (exact) mass is 351 g/mol. The maximum Gasteiger partial charge on any atom is 0.419 e. The van der Waals surface area contributed by atoms with Gasteiger partial charge in [-0.3, -0.25) is 4.31 Å². The first-order chi connectivity index (χ1) is 10.5. The molecule has 3 nitrogen and oxygen atoms in total. The number of para-hydroxylation sites is 1. The van der Waals surface area contributed by atoms with E-state index >= 15 is 0 Å². The van der Waals surface area contributed by atoms with Gasteiger partial charge < -0.3 is 0 Å². The largest absolute Gasteiger partial charge is 0.419 e. The van der Waals surface area contributed by atoms with E-state index in [0.717, 1.165) is 19.2 Å². The Hall–Kier alpha value is -2.16. The minimum absolute atomic E-state index is 0.183. The van der Waals surface area contributed by atoms with Crippen LogP contribution >= 0.6 is 0 Å². The van der Waals surface area contributed by atoms with Crippen LogP contribution in [0.4, 0.5) is 27.6 Å². The molecule has 0 amide bonds. The third kappa shape index (κ3) is 3.29. The van der Waals surface area contributed by atoms with Gasteiger partial charge in [0, 0.05) is 7.05 Å². The van der Waals surface area contributed by atoms with Gasteiger partial charge in [-0.05, 0) is 30.3 Å². The van der Waals surface area contributed by atoms with Gasteiger partial charge in [0.15, 0.2) is 0 Å². The van der Waals surface area contributed by atoms with Gasteiger partial charge in [-0.15, -0.1) is 0 Å². The molecule has 2 rings (SSSR count). The van der Waals surface area contributed by atoms with Crippen LogP contribution in [0.1, 0.15) is 5.56 Å². The van der Waals surface area contributed by atoms with Crippen molar-refractivity contribution in [3.05, 3.63) is 59.7 Å². The summed E-state index contributed by atoms with van der Waals surface area (Å²) in [5, 5.41) is 0. The summed E-state index contributed by atoms with van der Waals surface area (Å²) < 4.78 is 90.2. The minimum Gasteiger partial charge on any atom is -0.266 e. The van der Waals surface area contributed by atoms with E-state index in [1.807, 2.05) is 0 Å². The molecular weight excluding hydrogens is 341 g/mol. The Morgan fingerprint density at radius 3 is 2.13 bits per heavy atom. The number of hydrogen-bond acceptors (Lipinski definition) is 2. The number of anilines is 1. The zero-order chi connectivity index (χ0) is 17.4. The number of nitrogens with zero attached hydrogens (tertiary/aromatic N) is 1. The Kier molecular flexibility index (Phi) is 4.34. The molecular formula is C14H10F5NO2S. The number of hydrogen-bond donors (Lipinski definition) is 0. The second-order valence-corrected chi connectivity index (χ2v) is 6.53. The Bertz CT molecular complexity index is 833. The molecule has 0 N–H and O–H groups in total. The quantitative estimate of drug-likeness (QED) is 0.789. The van der Waals surface area contributed by atoms with Crippen LogP contribution in [-0.4, -0.2) is 15.5 Å². The van der Waals surface area contributed by atoms with Crippen molar-refractivity contribution < 1.29 is 30.4 Å². The van der Waals surface area contributed by atoms with E-state index in [0.29, 0.717) is 16.4 Å². The zero-order valence-corrected chi connectivity index (χ0v) is 12.4. The lowest BCUT2D eigenvalue weighted by Crippen LogP contribution is -2.27. The standard InChI is InChI=1S/C14H10F5NO2S/c1-20(13-5-3-2-4-12(13)16)23(21,22)9-6-7-11(15)10(8-9)14(17,18)19/h2-8H,1H3. The molecule has 0 saturated carbocycles. The van der Waals surface area contributed by atoms with E-state index in [-0.39, 0.29) is 11.8 Å². The third-order valence-corrected chi connectivity index (χ3v) is 4.86. The topological polar surface area (TPSA) is 37.4 Å². The van der Waals surface area contributed by atoms with E-state index in [1.165, 1.54) is 12.1 Å². The maximum absolute atomic E-state index is 13.7. The van der Waals surface area contributed by atoms with E-state index < -0.39 is 38.3 Å². The van der Waals surface area contributed by atoms with E-state index in [1.54, 1.807) is 0 Å². The second kappa shape index (κ2) is 5.80. The lowest BCUT2D eigenvalue weighted by Gasteiger charge is -2.20. The minimum atomic E-state index is -5.05. The molecule has 0 unspecified atom stereocenters. The van der Waals surface area contributed by atoms with Crippen molar-refractivity contribution in [2.45, 2.75) is 11.1 Å². The molecule has 0 aromatic heterocycles. The van der Waals surface area contributed by atoms with Crippen LogP contribution in [0, 0.1) is 11.6 Å². The Morgan fingerprint density at radius 1 is 0.957 bits per heavy atom. The molecule has 2 aromatic rings. The first-order valence-corrected chi connectivity index (χ1v) is 7.59. The van der Waals surface area contributed by atoms with Crippen LogP contribution in [0.5, 0.6) is 0 Å². The molecule has 0 aliphatic rings. The number of alkyl halides is 3. The van der Waals surface area contributed by atoms with E-state index in [9.17, 15) is 30.4 Å². The molecule has 0 aliphatic heterocycles. The van der Waals surface area contributed by atoms with Crippen molar-refractivity contribution in [1.29, 1.82) is 0 Å². The smallest absolute Gasteiger partial charge is 0.266 e. The molecule has 23 heavy (non-hydrogen) atoms. The van der Waals surface area contributed by atoms with Gasteiger partial charge in [0.2, 0.25) is 0 Å². The predicted molar refractivity (Wildman–Crippen MR) is 73.4 cm³/mol. The van der Waals surface area contributed by atoms with Gasteiger partial charge in [-0.1, -0.05) is 12.1 Å². The predicted octanol–water partition coefficient (Wildman–Crippen LogP) is 3.81. The van der Waals surface area contributed by atoms with Crippen LogP contribution < -0.4 is 4.31 Å². The lowest BCUT2D eigenvalue weighted by atomic mass is 10.2. The molecule has 0 radical (unpaired) electrons. The fourth-order valence-electron chi connectivity index (χ4n) is 1.88. The molecule has 2 aromatic carbocycles. The van der Waals surface area contributed by atoms with Crippen molar-refractivity contribution in [3.8, 4) is 0 Å². The highest BCUT2D eigenvalue weighted by Gasteiger charge is 2.36. The van der Waals surface area contributed by atoms with Crippen molar-refractivity contribution in [1.82, 2.24) is 0 Å². The SMILES string of the molecule is CN(c1ccccc1F)S(=O)(=O)c1ccc(F)c(C(F)(F)F)c1. The molecule has 0 fully saturated rings. The Morgan fingerprint density at radius 2 is 1.57 bits per heavy atom. The highest BCUT2D eigenvalue weighted by Crippen LogP contribution is 2.34. The van der Waals surface area contributed by atoms with Gasteiger partial charge in [-0.2, -0.15) is 13.2 Å². The number of rotatable bonds is 3. The Labute approximate surface area is 129 Å². The maximum atomic E-state index is 13.7. The van der Waals surface area contributed by atoms with Gasteiger partial charge in [-0.25, -0.2) is 17.2 Å². The van der Waals surface area contributed by atoms with E-state index in [2.05, 4.69) is 0 Å². The number of benzene rings is 2. The van der Waals surface area contributed by atoms with Crippen molar-refractivity contribution in [3.63, 3.8) is 0 Å². The van der Waals surface area contributed by atoms with Crippen LogP contribution in [0.15, 0.2) is 47.4 Å². The van der Waals surface area contributed by atoms with Crippen LogP contribution in [0.2, 0.25) is 0 Å². The molecule has 0 bridgehead atoms. The summed E-state index contributed by atoms with van der Waals surface area (Å²) in [4.78, 5) is -0.794. The average molecular weight is 351 g/mol. The zero-order valence-electron chi connectivity index (χ0n) is 11.6. The number of halogens is 5. The van der Waals surface area contributed by atoms with Crippen molar-refractivity contribution in [2.24, 2.45) is 0 Å². The summed E-state index contributed by atoms with van der Waals surface area (Å²) in [5.41, 5.74) is -2.05. The number of sulfonamides is 1. The summed E-state index contributed by atoms with van der Waals surface area (Å²) in [7, 11) is -3.50. The molecule has 0 atom stereocenters. The highest BCUT2D eigenvalue weighted by molar-refractivity contribution is 7.92. The lowest BCUT2D eigenvalue weighted by molar-refractivity contribution is -0.140. The van der Waals surface area contributed by atoms with Crippen molar-refractivity contribution >= 4 is 15.7 Å². The van der Waals surface area contributed by atoms with Gasteiger partial charge in [0.05, 0.1) is 16.1 Å². The Balaban J connectivity index is 2.55. The molecule has 0 spiro atoms. The first kappa shape index (κ1) is 17.2. The second-order valence-electron chi connectivity index (χ2n) is 4.56. The molecule has 124 valence electrons. The van der Waals surface area contributed by atoms with Gasteiger partial charge >= 0.3 is 6.18 Å². The summed E-state index contributed by atoms with van der Waals surface area (Å²) >= 11 is 0. The summed E-state index contributed by atoms with van der Waals surface area (Å²) in [5.74, 6) is -2.46. The van der Waals surface area contributed by atoms with E-state index in [4.69, 9.17) is 0 Å². The fraction of sp³-hybridized carbons (Fsp3) is 0.143. The fourth-order valence-corrected chi connectivity index (χ4v) is 3.11. The molecule has 9 heteroatoms. The summed E-state index contributed by atoms with van der Waals surface area (Å²) in [6, 6.07) is 6.15. The van der Waals surface area contributed by atoms with Gasteiger partial charge in [0.25, 0.3) is 10.0 Å². The van der Waals surface area contributed by atoms with Crippen molar-refractivity contribution in [2.75, 3.05) is 11.4 Å². The van der Waals surface area contributed by atoms with Crippen LogP contribution in [0.25, 0.3) is 0 Å². The van der Waals surface area contributed by atoms with Gasteiger partial charge in [0.1, 0.15) is 11.6 Å². The van der Waals surface area contributed by atoms with Crippen LogP contribution in [-0.2, 0) is 16.2 Å². The molecule has 0 aliphatic carbocycles. The first-order valence-electron chi connectivity index (χ1n) is 6.15. The molecule has 0 saturated heterocycles. The molecule has 0 heterocycles. The summed E-state index contributed by atoms with van der Waals surface area (Å²) in [6.45, 7) is 0. The highest BCUT2D eigenvalue weighted by atomic mass is 32.2. The summed E-state index contributed by atoms with van der Waals surface area (Å²) in [6.07, 6.45) is -5.05. The average Bonchev–Trinajstić information content (AvgIpc) is 2.46. The van der Waals surface area contributed by atoms with Crippen LogP contribution in [0.3, 0.4) is 0 Å².